The van der Waals surface area contributed by atoms with Crippen LogP contribution >= 0.6 is 27.3 Å². The molecule has 9 heteroatoms. The first-order valence-corrected chi connectivity index (χ1v) is 10.6. The number of rotatable bonds is 7. The van der Waals surface area contributed by atoms with Crippen LogP contribution in [0.3, 0.4) is 0 Å². The van der Waals surface area contributed by atoms with Gasteiger partial charge in [-0.25, -0.2) is 4.98 Å². The molecular weight excluding hydrogens is 470 g/mol. The van der Waals surface area contributed by atoms with Crippen LogP contribution in [0.4, 0.5) is 5.69 Å². The molecule has 0 aliphatic rings. The number of halogens is 1. The van der Waals surface area contributed by atoms with Gasteiger partial charge in [0.15, 0.2) is 11.5 Å². The number of amides is 2. The number of para-hydroxylation sites is 1. The molecule has 0 radical (unpaired) electrons. The second kappa shape index (κ2) is 9.73. The Hall–Kier alpha value is -2.91. The number of methoxy groups -OCH3 is 2. The van der Waals surface area contributed by atoms with E-state index < -0.39 is 0 Å². The number of hydrogen-bond acceptors (Lipinski definition) is 6. The highest BCUT2D eigenvalue weighted by Crippen LogP contribution is 2.33. The molecule has 30 heavy (non-hydrogen) atoms. The Labute approximate surface area is 186 Å². The molecule has 156 valence electrons. The summed E-state index contributed by atoms with van der Waals surface area (Å²) in [6.45, 7) is -0.0939. The van der Waals surface area contributed by atoms with Gasteiger partial charge in [0.2, 0.25) is 5.91 Å². The largest absolute Gasteiger partial charge is 0.493 e. The molecule has 1 N–H and O–H groups in total. The van der Waals surface area contributed by atoms with E-state index in [-0.39, 0.29) is 24.1 Å². The SMILES string of the molecule is COc1ccc(-c2nc(C(=O)N(C)CC(=O)Nc3ccccc3Br)cs2)cc1OC. The number of aromatic nitrogens is 1. The molecule has 0 aliphatic carbocycles. The summed E-state index contributed by atoms with van der Waals surface area (Å²) in [6, 6.07) is 12.7. The van der Waals surface area contributed by atoms with Crippen LogP contribution in [0, 0.1) is 0 Å². The first kappa shape index (κ1) is 21.8. The molecule has 0 atom stereocenters. The van der Waals surface area contributed by atoms with Crippen LogP contribution < -0.4 is 14.8 Å². The smallest absolute Gasteiger partial charge is 0.273 e. The zero-order valence-corrected chi connectivity index (χ0v) is 19.0. The molecule has 0 fully saturated rings. The Morgan fingerprint density at radius 2 is 1.87 bits per heavy atom. The number of ether oxygens (including phenoxy) is 2. The van der Waals surface area contributed by atoms with Gasteiger partial charge in [-0.1, -0.05) is 12.1 Å². The van der Waals surface area contributed by atoms with E-state index in [4.69, 9.17) is 9.47 Å². The fourth-order valence-electron chi connectivity index (χ4n) is 2.71. The van der Waals surface area contributed by atoms with Crippen molar-refractivity contribution in [3.05, 3.63) is 58.0 Å². The molecule has 1 aromatic heterocycles. The number of thiazole rings is 1. The fraction of sp³-hybridized carbons (Fsp3) is 0.190. The standard InChI is InChI=1S/C21H20BrN3O4S/c1-25(11-19(26)23-15-7-5-4-6-14(15)22)21(27)16-12-30-20(24-16)13-8-9-17(28-2)18(10-13)29-3/h4-10,12H,11H2,1-3H3,(H,23,26). The fourth-order valence-corrected chi connectivity index (χ4v) is 3.88. The number of carbonyl (C=O) groups is 2. The van der Waals surface area contributed by atoms with Crippen LogP contribution in [-0.2, 0) is 4.79 Å². The number of anilines is 1. The molecule has 3 aromatic rings. The third-order valence-corrected chi connectivity index (χ3v) is 5.81. The van der Waals surface area contributed by atoms with Crippen molar-refractivity contribution in [3.63, 3.8) is 0 Å². The van der Waals surface area contributed by atoms with Gasteiger partial charge in [-0.2, -0.15) is 0 Å². The Morgan fingerprint density at radius 3 is 2.57 bits per heavy atom. The summed E-state index contributed by atoms with van der Waals surface area (Å²) >= 11 is 4.72. The van der Waals surface area contributed by atoms with Gasteiger partial charge in [0.05, 0.1) is 26.5 Å². The summed E-state index contributed by atoms with van der Waals surface area (Å²) in [5, 5.41) is 5.13. The molecule has 1 heterocycles. The average molecular weight is 490 g/mol. The number of carbonyl (C=O) groups excluding carboxylic acids is 2. The number of likely N-dealkylation sites (N-methyl/N-ethyl adjacent to an activating group) is 1. The zero-order valence-electron chi connectivity index (χ0n) is 16.6. The Kier molecular flexibility index (Phi) is 7.07. The van der Waals surface area contributed by atoms with Crippen LogP contribution in [0.2, 0.25) is 0 Å². The van der Waals surface area contributed by atoms with Crippen molar-refractivity contribution >= 4 is 44.8 Å². The van der Waals surface area contributed by atoms with Gasteiger partial charge in [-0.3, -0.25) is 9.59 Å². The molecule has 2 aromatic carbocycles. The van der Waals surface area contributed by atoms with Crippen LogP contribution in [-0.4, -0.2) is 49.5 Å². The minimum absolute atomic E-state index is 0.0939. The molecule has 0 aliphatic heterocycles. The molecule has 0 saturated heterocycles. The van der Waals surface area contributed by atoms with Gasteiger partial charge in [0, 0.05) is 22.5 Å². The summed E-state index contributed by atoms with van der Waals surface area (Å²) in [4.78, 5) is 30.8. The van der Waals surface area contributed by atoms with Gasteiger partial charge in [-0.15, -0.1) is 11.3 Å². The molecule has 7 nitrogen and oxygen atoms in total. The first-order valence-electron chi connectivity index (χ1n) is 8.90. The Bertz CT molecular complexity index is 1070. The summed E-state index contributed by atoms with van der Waals surface area (Å²) in [5.41, 5.74) is 1.74. The third kappa shape index (κ3) is 4.98. The number of nitrogens with zero attached hydrogens (tertiary/aromatic N) is 2. The Balaban J connectivity index is 1.68. The van der Waals surface area contributed by atoms with Gasteiger partial charge in [0.1, 0.15) is 10.7 Å². The summed E-state index contributed by atoms with van der Waals surface area (Å²) in [5.74, 6) is 0.567. The van der Waals surface area contributed by atoms with Crippen molar-refractivity contribution in [2.45, 2.75) is 0 Å². The summed E-state index contributed by atoms with van der Waals surface area (Å²) in [7, 11) is 4.70. The van der Waals surface area contributed by atoms with E-state index in [1.54, 1.807) is 44.8 Å². The van der Waals surface area contributed by atoms with Crippen molar-refractivity contribution in [2.75, 3.05) is 33.1 Å². The predicted octanol–water partition coefficient (Wildman–Crippen LogP) is 4.30. The van der Waals surface area contributed by atoms with E-state index in [0.717, 1.165) is 10.0 Å². The topological polar surface area (TPSA) is 80.8 Å². The maximum absolute atomic E-state index is 12.7. The lowest BCUT2D eigenvalue weighted by Gasteiger charge is -2.16. The lowest BCUT2D eigenvalue weighted by atomic mass is 10.2. The molecule has 0 spiro atoms. The van der Waals surface area contributed by atoms with E-state index in [2.05, 4.69) is 26.2 Å². The molecule has 2 amide bonds. The second-order valence-electron chi connectivity index (χ2n) is 6.30. The summed E-state index contributed by atoms with van der Waals surface area (Å²) < 4.78 is 11.3. The van der Waals surface area contributed by atoms with E-state index in [9.17, 15) is 9.59 Å². The lowest BCUT2D eigenvalue weighted by molar-refractivity contribution is -0.116. The van der Waals surface area contributed by atoms with Crippen LogP contribution in [0.15, 0.2) is 52.3 Å². The van der Waals surface area contributed by atoms with Gasteiger partial charge >= 0.3 is 0 Å². The number of hydrogen-bond donors (Lipinski definition) is 1. The minimum atomic E-state index is -0.333. The van der Waals surface area contributed by atoms with Gasteiger partial charge < -0.3 is 19.7 Å². The lowest BCUT2D eigenvalue weighted by Crippen LogP contribution is -2.35. The molecule has 0 bridgehead atoms. The highest BCUT2D eigenvalue weighted by Gasteiger charge is 2.19. The second-order valence-corrected chi connectivity index (χ2v) is 8.01. The molecule has 0 saturated carbocycles. The van der Waals surface area contributed by atoms with E-state index in [0.29, 0.717) is 22.2 Å². The van der Waals surface area contributed by atoms with Crippen molar-refractivity contribution in [3.8, 4) is 22.1 Å². The minimum Gasteiger partial charge on any atom is -0.493 e. The normalized spacial score (nSPS) is 10.4. The van der Waals surface area contributed by atoms with Crippen molar-refractivity contribution < 1.29 is 19.1 Å². The van der Waals surface area contributed by atoms with E-state index in [1.807, 2.05) is 24.3 Å². The highest BCUT2D eigenvalue weighted by molar-refractivity contribution is 9.10. The van der Waals surface area contributed by atoms with Crippen molar-refractivity contribution in [1.82, 2.24) is 9.88 Å². The quantitative estimate of drug-likeness (QED) is 0.534. The number of nitrogens with one attached hydrogen (secondary N) is 1. The third-order valence-electron chi connectivity index (χ3n) is 4.23. The molecule has 0 unspecified atom stereocenters. The first-order chi connectivity index (χ1) is 14.4. The van der Waals surface area contributed by atoms with Gasteiger partial charge in [0.25, 0.3) is 5.91 Å². The monoisotopic (exact) mass is 489 g/mol. The molecular formula is C21H20BrN3O4S. The van der Waals surface area contributed by atoms with Crippen LogP contribution in [0.25, 0.3) is 10.6 Å². The Morgan fingerprint density at radius 1 is 1.13 bits per heavy atom. The predicted molar refractivity (Wildman–Crippen MR) is 120 cm³/mol. The number of benzene rings is 2. The molecule has 3 rings (SSSR count). The average Bonchev–Trinajstić information content (AvgIpc) is 3.24. The summed E-state index contributed by atoms with van der Waals surface area (Å²) in [6.07, 6.45) is 0. The van der Waals surface area contributed by atoms with E-state index >= 15 is 0 Å². The van der Waals surface area contributed by atoms with Crippen molar-refractivity contribution in [2.24, 2.45) is 0 Å². The van der Waals surface area contributed by atoms with Gasteiger partial charge in [-0.05, 0) is 46.3 Å². The van der Waals surface area contributed by atoms with Crippen molar-refractivity contribution in [1.29, 1.82) is 0 Å². The maximum Gasteiger partial charge on any atom is 0.273 e. The maximum atomic E-state index is 12.7. The zero-order chi connectivity index (χ0) is 21.7. The van der Waals surface area contributed by atoms with Crippen LogP contribution in [0.5, 0.6) is 11.5 Å². The van der Waals surface area contributed by atoms with E-state index in [1.165, 1.54) is 16.2 Å². The van der Waals surface area contributed by atoms with Crippen LogP contribution in [0.1, 0.15) is 10.5 Å². The highest BCUT2D eigenvalue weighted by atomic mass is 79.9.